The lowest BCUT2D eigenvalue weighted by molar-refractivity contribution is -0.184. The molecule has 184 valence electrons. The molecule has 2 atom stereocenters. The number of likely N-dealkylation sites (tertiary alicyclic amines) is 2. The molecule has 1 N–H and O–H groups in total. The second kappa shape index (κ2) is 10.4. The first-order valence-electron chi connectivity index (χ1n) is 11.5. The molecule has 11 heteroatoms. The van der Waals surface area contributed by atoms with Gasteiger partial charge in [-0.1, -0.05) is 17.8 Å². The van der Waals surface area contributed by atoms with E-state index in [1.807, 2.05) is 0 Å². The minimum Gasteiger partial charge on any atom is -0.351 e. The van der Waals surface area contributed by atoms with Crippen molar-refractivity contribution in [2.75, 3.05) is 31.5 Å². The highest BCUT2D eigenvalue weighted by Gasteiger charge is 2.42. The molecule has 2 unspecified atom stereocenters. The van der Waals surface area contributed by atoms with Crippen LogP contribution in [0.5, 0.6) is 0 Å². The Hall–Kier alpha value is -2.56. The van der Waals surface area contributed by atoms with Gasteiger partial charge in [-0.2, -0.15) is 18.2 Å². The van der Waals surface area contributed by atoms with E-state index in [1.165, 1.54) is 28.8 Å². The fraction of sp³-hybridized carbons (Fsp3) is 0.565. The van der Waals surface area contributed by atoms with Crippen LogP contribution in [0.25, 0.3) is 0 Å². The average molecular weight is 497 g/mol. The number of alkyl halides is 3. The lowest BCUT2D eigenvalue weighted by Crippen LogP contribution is -2.44. The van der Waals surface area contributed by atoms with Crippen molar-refractivity contribution in [2.24, 2.45) is 10.9 Å². The molecule has 3 heterocycles. The van der Waals surface area contributed by atoms with Gasteiger partial charge in [0.05, 0.1) is 5.92 Å². The molecule has 1 aromatic rings. The Balaban J connectivity index is 1.33. The molecule has 3 aliphatic heterocycles. The second-order valence-electron chi connectivity index (χ2n) is 8.85. The quantitative estimate of drug-likeness (QED) is 0.684. The monoisotopic (exact) mass is 496 g/mol. The van der Waals surface area contributed by atoms with Crippen LogP contribution >= 0.6 is 11.8 Å². The van der Waals surface area contributed by atoms with Gasteiger partial charge >= 0.3 is 6.18 Å². The van der Waals surface area contributed by atoms with E-state index in [-0.39, 0.29) is 43.3 Å². The molecular weight excluding hydrogens is 469 g/mol. The Bertz CT molecular complexity index is 978. The zero-order valence-electron chi connectivity index (χ0n) is 18.6. The minimum atomic E-state index is -4.33. The topological polar surface area (TPSA) is 82.1 Å². The summed E-state index contributed by atoms with van der Waals surface area (Å²) in [7, 11) is 0. The molecule has 0 radical (unpaired) electrons. The van der Waals surface area contributed by atoms with Crippen molar-refractivity contribution in [3.8, 4) is 0 Å². The molecule has 2 saturated heterocycles. The summed E-state index contributed by atoms with van der Waals surface area (Å²) in [6.45, 7) is 1.63. The van der Waals surface area contributed by atoms with E-state index < -0.39 is 23.3 Å². The smallest absolute Gasteiger partial charge is 0.351 e. The Morgan fingerprint density at radius 2 is 1.88 bits per heavy atom. The highest BCUT2D eigenvalue weighted by Crippen LogP contribution is 2.34. The average Bonchev–Trinajstić information content (AvgIpc) is 3.18. The van der Waals surface area contributed by atoms with Gasteiger partial charge in [-0.3, -0.25) is 14.4 Å². The third kappa shape index (κ3) is 5.92. The van der Waals surface area contributed by atoms with Gasteiger partial charge in [0, 0.05) is 43.9 Å². The first kappa shape index (κ1) is 24.6. The summed E-state index contributed by atoms with van der Waals surface area (Å²) in [4.78, 5) is 45.1. The summed E-state index contributed by atoms with van der Waals surface area (Å²) in [6, 6.07) is 6.14. The largest absolute Gasteiger partial charge is 0.393 e. The molecule has 1 aromatic carbocycles. The van der Waals surface area contributed by atoms with Gasteiger partial charge in [-0.15, -0.1) is 0 Å². The van der Waals surface area contributed by atoms with Gasteiger partial charge in [0.15, 0.2) is 5.17 Å². The van der Waals surface area contributed by atoms with Gasteiger partial charge in [0.2, 0.25) is 5.91 Å². The van der Waals surface area contributed by atoms with Crippen molar-refractivity contribution in [1.82, 2.24) is 9.80 Å². The van der Waals surface area contributed by atoms with Crippen LogP contribution in [0.15, 0.2) is 29.3 Å². The molecule has 0 bridgehead atoms. The summed E-state index contributed by atoms with van der Waals surface area (Å²) in [6.07, 6.45) is -0.795. The molecule has 3 amide bonds. The van der Waals surface area contributed by atoms with E-state index in [0.29, 0.717) is 17.3 Å². The van der Waals surface area contributed by atoms with Crippen molar-refractivity contribution in [2.45, 2.75) is 50.0 Å². The number of amides is 3. The first-order valence-corrected chi connectivity index (χ1v) is 12.4. The van der Waals surface area contributed by atoms with E-state index in [9.17, 15) is 27.6 Å². The number of rotatable bonds is 4. The maximum Gasteiger partial charge on any atom is 0.393 e. The van der Waals surface area contributed by atoms with Crippen LogP contribution in [0, 0.1) is 5.92 Å². The van der Waals surface area contributed by atoms with Crippen LogP contribution in [0.1, 0.15) is 48.9 Å². The third-order valence-corrected chi connectivity index (χ3v) is 7.50. The highest BCUT2D eigenvalue weighted by atomic mass is 32.2. The number of carbonyl (C=O) groups excluding carboxylic acids is 3. The molecule has 2 fully saturated rings. The zero-order chi connectivity index (χ0) is 24.3. The summed E-state index contributed by atoms with van der Waals surface area (Å²) >= 11 is 1.31. The number of benzene rings is 1. The Labute approximate surface area is 200 Å². The second-order valence-corrected chi connectivity index (χ2v) is 10.0. The number of nitrogens with one attached hydrogen (secondary N) is 1. The van der Waals surface area contributed by atoms with Crippen molar-refractivity contribution in [3.63, 3.8) is 0 Å². The minimum absolute atomic E-state index is 0.0183. The van der Waals surface area contributed by atoms with Crippen molar-refractivity contribution < 1.29 is 27.6 Å². The van der Waals surface area contributed by atoms with E-state index in [0.717, 1.165) is 32.4 Å². The lowest BCUT2D eigenvalue weighted by atomic mass is 9.97. The van der Waals surface area contributed by atoms with Crippen molar-refractivity contribution in [1.29, 1.82) is 0 Å². The maximum absolute atomic E-state index is 13.1. The fourth-order valence-corrected chi connectivity index (χ4v) is 5.57. The summed E-state index contributed by atoms with van der Waals surface area (Å²) < 4.78 is 39.3. The summed E-state index contributed by atoms with van der Waals surface area (Å²) in [5.74, 6) is -2.73. The van der Waals surface area contributed by atoms with Gasteiger partial charge in [0.1, 0.15) is 5.25 Å². The molecule has 34 heavy (non-hydrogen) atoms. The standard InChI is InChI=1S/C23H27F3N4O3S/c24-23(25,26)16-7-5-11-30(14-16)21(33)15-6-4-8-17(12-15)27-19(31)13-18-20(32)28-22(34-18)29-9-2-1-3-10-29/h4,6,8,12,16,18H,1-3,5,7,9-11,13-14H2,(H,27,31). The van der Waals surface area contributed by atoms with Gasteiger partial charge in [-0.25, -0.2) is 0 Å². The molecule has 0 aromatic heterocycles. The third-order valence-electron chi connectivity index (χ3n) is 6.29. The number of carbonyl (C=O) groups is 3. The van der Waals surface area contributed by atoms with E-state index in [4.69, 9.17) is 0 Å². The predicted octanol–water partition coefficient (Wildman–Crippen LogP) is 3.91. The number of nitrogens with zero attached hydrogens (tertiary/aromatic N) is 3. The van der Waals surface area contributed by atoms with Crippen molar-refractivity contribution in [3.05, 3.63) is 29.8 Å². The van der Waals surface area contributed by atoms with Crippen LogP contribution in [0.2, 0.25) is 0 Å². The summed E-state index contributed by atoms with van der Waals surface area (Å²) in [5.41, 5.74) is 0.565. The SMILES string of the molecule is O=C(CC1SC(N2CCCCC2)=NC1=O)Nc1cccc(C(=O)N2CCCC(C(F)(F)F)C2)c1. The van der Waals surface area contributed by atoms with Crippen LogP contribution in [-0.4, -0.2) is 70.3 Å². The Morgan fingerprint density at radius 1 is 1.12 bits per heavy atom. The van der Waals surface area contributed by atoms with Gasteiger partial charge < -0.3 is 15.1 Å². The van der Waals surface area contributed by atoms with E-state index in [1.54, 1.807) is 12.1 Å². The fourth-order valence-electron chi connectivity index (χ4n) is 4.45. The molecule has 4 rings (SSSR count). The molecular formula is C23H27F3N4O3S. The number of anilines is 1. The van der Waals surface area contributed by atoms with E-state index >= 15 is 0 Å². The van der Waals surface area contributed by atoms with Crippen LogP contribution < -0.4 is 5.32 Å². The maximum atomic E-state index is 13.1. The Morgan fingerprint density at radius 3 is 2.62 bits per heavy atom. The first-order chi connectivity index (χ1) is 16.2. The summed E-state index contributed by atoms with van der Waals surface area (Å²) in [5, 5.41) is 2.78. The van der Waals surface area contributed by atoms with Crippen LogP contribution in [-0.2, 0) is 9.59 Å². The molecule has 3 aliphatic rings. The lowest BCUT2D eigenvalue weighted by Gasteiger charge is -2.33. The van der Waals surface area contributed by atoms with Crippen molar-refractivity contribution >= 4 is 40.3 Å². The Kier molecular flexibility index (Phi) is 7.49. The van der Waals surface area contributed by atoms with Gasteiger partial charge in [0.25, 0.3) is 11.8 Å². The zero-order valence-corrected chi connectivity index (χ0v) is 19.5. The number of hydrogen-bond acceptors (Lipinski definition) is 5. The number of aliphatic imine (C=N–C) groups is 1. The van der Waals surface area contributed by atoms with Crippen LogP contribution in [0.3, 0.4) is 0 Å². The van der Waals surface area contributed by atoms with E-state index in [2.05, 4.69) is 15.2 Å². The molecule has 0 aliphatic carbocycles. The number of thioether (sulfide) groups is 1. The van der Waals surface area contributed by atoms with Crippen LogP contribution in [0.4, 0.5) is 18.9 Å². The molecule has 0 saturated carbocycles. The highest BCUT2D eigenvalue weighted by molar-refractivity contribution is 8.15. The number of amidine groups is 1. The van der Waals surface area contributed by atoms with Gasteiger partial charge in [-0.05, 0) is 50.3 Å². The molecule has 7 nitrogen and oxygen atoms in total. The predicted molar refractivity (Wildman–Crippen MR) is 124 cm³/mol. The molecule has 0 spiro atoms. The number of piperidine rings is 2. The number of halogens is 3. The number of hydrogen-bond donors (Lipinski definition) is 1. The normalized spacial score (nSPS) is 23.6.